The molecule has 1 aliphatic rings. The summed E-state index contributed by atoms with van der Waals surface area (Å²) in [5.41, 5.74) is -0.162. The molecule has 0 unspecified atom stereocenters. The van der Waals surface area contributed by atoms with Gasteiger partial charge in [0.25, 0.3) is 5.71 Å². The second kappa shape index (κ2) is 7.48. The van der Waals surface area contributed by atoms with Crippen molar-refractivity contribution in [1.82, 2.24) is 15.0 Å². The lowest BCUT2D eigenvalue weighted by Crippen LogP contribution is -2.37. The van der Waals surface area contributed by atoms with Crippen molar-refractivity contribution in [1.29, 1.82) is 0 Å². The van der Waals surface area contributed by atoms with Gasteiger partial charge in [-0.2, -0.15) is 13.2 Å². The molecule has 0 aromatic carbocycles. The van der Waals surface area contributed by atoms with Crippen LogP contribution in [0.25, 0.3) is 11.1 Å². The predicted molar refractivity (Wildman–Crippen MR) is 94.4 cm³/mol. The van der Waals surface area contributed by atoms with E-state index < -0.39 is 11.7 Å². The van der Waals surface area contributed by atoms with E-state index in [1.165, 1.54) is 0 Å². The van der Waals surface area contributed by atoms with E-state index in [2.05, 4.69) is 10.1 Å². The van der Waals surface area contributed by atoms with Gasteiger partial charge in [0.05, 0.1) is 16.6 Å². The fraction of sp³-hybridized carbons (Fsp3) is 0.632. The number of amides is 1. The van der Waals surface area contributed by atoms with Crippen molar-refractivity contribution in [2.45, 2.75) is 64.5 Å². The molecule has 0 saturated carbocycles. The van der Waals surface area contributed by atoms with E-state index >= 15 is 0 Å². The first-order valence-electron chi connectivity index (χ1n) is 9.37. The molecule has 8 heteroatoms. The minimum absolute atomic E-state index is 0.0368. The molecule has 1 fully saturated rings. The normalized spacial score (nSPS) is 16.5. The van der Waals surface area contributed by atoms with Crippen LogP contribution in [-0.4, -0.2) is 34.0 Å². The first kappa shape index (κ1) is 19.6. The highest BCUT2D eigenvalue weighted by Gasteiger charge is 2.38. The van der Waals surface area contributed by atoms with Crippen molar-refractivity contribution in [2.75, 3.05) is 13.1 Å². The molecule has 148 valence electrons. The van der Waals surface area contributed by atoms with Gasteiger partial charge in [0.1, 0.15) is 0 Å². The summed E-state index contributed by atoms with van der Waals surface area (Å²) in [5, 5.41) is 3.92. The lowest BCUT2D eigenvalue weighted by atomic mass is 9.90. The Bertz CT molecular complexity index is 821. The fourth-order valence-electron chi connectivity index (χ4n) is 3.56. The van der Waals surface area contributed by atoms with Gasteiger partial charge >= 0.3 is 6.18 Å². The third-order valence-corrected chi connectivity index (χ3v) is 5.09. The maximum absolute atomic E-state index is 13.7. The molecule has 0 atom stereocenters. The van der Waals surface area contributed by atoms with E-state index in [0.717, 1.165) is 12.5 Å². The van der Waals surface area contributed by atoms with E-state index in [-0.39, 0.29) is 28.8 Å². The number of hydrogen-bond donors (Lipinski definition) is 0. The first-order chi connectivity index (χ1) is 12.7. The molecule has 1 saturated heterocycles. The maximum atomic E-state index is 13.7. The van der Waals surface area contributed by atoms with Crippen LogP contribution in [-0.2, 0) is 11.0 Å². The molecule has 5 nitrogen and oxygen atoms in total. The molecule has 0 aliphatic carbocycles. The molecule has 0 N–H and O–H groups in total. The van der Waals surface area contributed by atoms with Gasteiger partial charge in [-0.1, -0.05) is 25.9 Å². The molecule has 0 spiro atoms. The summed E-state index contributed by atoms with van der Waals surface area (Å²) < 4.78 is 46.3. The van der Waals surface area contributed by atoms with Gasteiger partial charge in [0.2, 0.25) is 5.91 Å². The van der Waals surface area contributed by atoms with Gasteiger partial charge in [0.15, 0.2) is 0 Å². The average Bonchev–Trinajstić information content (AvgIpc) is 3.04. The first-order valence-corrected chi connectivity index (χ1v) is 9.37. The molecule has 2 aromatic rings. The number of likely N-dealkylation sites (tertiary alicyclic amines) is 1. The van der Waals surface area contributed by atoms with Crippen LogP contribution in [0.4, 0.5) is 13.2 Å². The Kier molecular flexibility index (Phi) is 5.44. The van der Waals surface area contributed by atoms with E-state index in [9.17, 15) is 18.0 Å². The number of piperidine rings is 1. The number of pyridine rings is 1. The topological polar surface area (TPSA) is 59.2 Å². The molecule has 1 amide bonds. The smallest absolute Gasteiger partial charge is 0.343 e. The van der Waals surface area contributed by atoms with Crippen molar-refractivity contribution < 1.29 is 22.5 Å². The van der Waals surface area contributed by atoms with Gasteiger partial charge in [0, 0.05) is 31.1 Å². The van der Waals surface area contributed by atoms with Crippen LogP contribution in [0, 0.1) is 0 Å². The molecular weight excluding hydrogens is 359 g/mol. The predicted octanol–water partition coefficient (Wildman–Crippen LogP) is 4.87. The summed E-state index contributed by atoms with van der Waals surface area (Å²) in [5.74, 6) is -0.234. The van der Waals surface area contributed by atoms with Gasteiger partial charge in [-0.05, 0) is 31.2 Å². The highest BCUT2D eigenvalue weighted by atomic mass is 19.4. The van der Waals surface area contributed by atoms with Gasteiger partial charge in [-0.3, -0.25) is 4.79 Å². The zero-order chi connectivity index (χ0) is 19.8. The number of rotatable bonds is 4. The Morgan fingerprint density at radius 2 is 2.00 bits per heavy atom. The Labute approximate surface area is 155 Å². The van der Waals surface area contributed by atoms with Crippen LogP contribution < -0.4 is 0 Å². The largest absolute Gasteiger partial charge is 0.417 e. The minimum atomic E-state index is -4.51. The SMILES string of the molecule is CCCC(=O)N1CCC(c2noc3nc(C(C)C)cc(C(F)(F)F)c23)CC1. The number of carbonyl (C=O) groups is 1. The van der Waals surface area contributed by atoms with E-state index in [1.54, 1.807) is 18.7 Å². The number of aromatic nitrogens is 2. The molecule has 3 rings (SSSR count). The highest BCUT2D eigenvalue weighted by Crippen LogP contribution is 2.41. The second-order valence-electron chi connectivity index (χ2n) is 7.40. The number of nitrogens with zero attached hydrogens (tertiary/aromatic N) is 3. The third-order valence-electron chi connectivity index (χ3n) is 5.09. The molecule has 2 aromatic heterocycles. The van der Waals surface area contributed by atoms with Crippen LogP contribution in [0.15, 0.2) is 10.6 Å². The fourth-order valence-corrected chi connectivity index (χ4v) is 3.56. The summed E-state index contributed by atoms with van der Waals surface area (Å²) >= 11 is 0. The number of carbonyl (C=O) groups excluding carboxylic acids is 1. The Morgan fingerprint density at radius 3 is 2.56 bits per heavy atom. The molecule has 0 radical (unpaired) electrons. The number of halogens is 3. The Balaban J connectivity index is 1.94. The van der Waals surface area contributed by atoms with E-state index in [0.29, 0.717) is 43.7 Å². The van der Waals surface area contributed by atoms with E-state index in [4.69, 9.17) is 4.52 Å². The van der Waals surface area contributed by atoms with Crippen molar-refractivity contribution in [3.8, 4) is 0 Å². The molecule has 3 heterocycles. The third kappa shape index (κ3) is 3.94. The van der Waals surface area contributed by atoms with Gasteiger partial charge in [-0.25, -0.2) is 4.98 Å². The van der Waals surface area contributed by atoms with Crippen LogP contribution in [0.5, 0.6) is 0 Å². The van der Waals surface area contributed by atoms with Crippen molar-refractivity contribution in [3.63, 3.8) is 0 Å². The van der Waals surface area contributed by atoms with Gasteiger partial charge in [-0.15, -0.1) is 0 Å². The summed E-state index contributed by atoms with van der Waals surface area (Å²) in [4.78, 5) is 18.0. The lowest BCUT2D eigenvalue weighted by Gasteiger charge is -2.31. The number of fused-ring (bicyclic) bond motifs is 1. The molecule has 27 heavy (non-hydrogen) atoms. The Morgan fingerprint density at radius 1 is 1.33 bits per heavy atom. The lowest BCUT2D eigenvalue weighted by molar-refractivity contribution is -0.136. The zero-order valence-corrected chi connectivity index (χ0v) is 15.8. The maximum Gasteiger partial charge on any atom is 0.417 e. The van der Waals surface area contributed by atoms with Crippen LogP contribution >= 0.6 is 0 Å². The number of hydrogen-bond acceptors (Lipinski definition) is 4. The van der Waals surface area contributed by atoms with Gasteiger partial charge < -0.3 is 9.42 Å². The number of alkyl halides is 3. The second-order valence-corrected chi connectivity index (χ2v) is 7.40. The summed E-state index contributed by atoms with van der Waals surface area (Å²) in [6.07, 6.45) is -2.09. The summed E-state index contributed by atoms with van der Waals surface area (Å²) in [6, 6.07) is 1.10. The quantitative estimate of drug-likeness (QED) is 0.756. The average molecular weight is 383 g/mol. The Hall–Kier alpha value is -2.12. The molecule has 0 bridgehead atoms. The van der Waals surface area contributed by atoms with Crippen molar-refractivity contribution >= 4 is 17.0 Å². The van der Waals surface area contributed by atoms with Crippen molar-refractivity contribution in [3.05, 3.63) is 23.0 Å². The van der Waals surface area contributed by atoms with Crippen LogP contribution in [0.2, 0.25) is 0 Å². The molecular formula is C19H24F3N3O2. The van der Waals surface area contributed by atoms with Crippen LogP contribution in [0.3, 0.4) is 0 Å². The van der Waals surface area contributed by atoms with E-state index in [1.807, 2.05) is 6.92 Å². The summed E-state index contributed by atoms with van der Waals surface area (Å²) in [7, 11) is 0. The standard InChI is InChI=1S/C19H24F3N3O2/c1-4-5-15(26)25-8-6-12(7-9-25)17-16-13(19(20,21)22)10-14(11(2)3)23-18(16)27-24-17/h10-12H,4-9H2,1-3H3. The molecule has 1 aliphatic heterocycles. The summed E-state index contributed by atoms with van der Waals surface area (Å²) in [6.45, 7) is 6.57. The zero-order valence-electron chi connectivity index (χ0n) is 15.8. The van der Waals surface area contributed by atoms with Crippen molar-refractivity contribution in [2.24, 2.45) is 0 Å². The monoisotopic (exact) mass is 383 g/mol. The highest BCUT2D eigenvalue weighted by molar-refractivity contribution is 5.82. The minimum Gasteiger partial charge on any atom is -0.343 e. The van der Waals surface area contributed by atoms with Crippen LogP contribution in [0.1, 0.15) is 75.2 Å².